The van der Waals surface area contributed by atoms with Crippen molar-refractivity contribution < 1.29 is 0 Å². The first-order valence-corrected chi connectivity index (χ1v) is 6.13. The summed E-state index contributed by atoms with van der Waals surface area (Å²) in [6.45, 7) is 6.44. The molecule has 0 saturated carbocycles. The van der Waals surface area contributed by atoms with Crippen LogP contribution in [0.2, 0.25) is 0 Å². The highest BCUT2D eigenvalue weighted by Gasteiger charge is 2.19. The van der Waals surface area contributed by atoms with Crippen LogP contribution in [0.15, 0.2) is 18.2 Å². The number of aryl methyl sites for hydroxylation is 2. The highest BCUT2D eigenvalue weighted by molar-refractivity contribution is 7.80. The van der Waals surface area contributed by atoms with Crippen molar-refractivity contribution in [3.63, 3.8) is 0 Å². The molecule has 0 aliphatic rings. The van der Waals surface area contributed by atoms with Gasteiger partial charge in [-0.05, 0) is 35.8 Å². The van der Waals surface area contributed by atoms with Crippen molar-refractivity contribution in [3.8, 4) is 0 Å². The van der Waals surface area contributed by atoms with Crippen molar-refractivity contribution in [1.29, 1.82) is 0 Å². The van der Waals surface area contributed by atoms with Gasteiger partial charge in [-0.3, -0.25) is 0 Å². The van der Waals surface area contributed by atoms with Gasteiger partial charge in [0.15, 0.2) is 0 Å². The molecule has 86 valence electrons. The number of fused-ring (bicyclic) bond motifs is 1. The molecule has 2 nitrogen and oxygen atoms in total. The Labute approximate surface area is 102 Å². The third-order valence-electron chi connectivity index (χ3n) is 3.28. The van der Waals surface area contributed by atoms with Gasteiger partial charge in [0.05, 0.1) is 11.0 Å². The van der Waals surface area contributed by atoms with Gasteiger partial charge < -0.3 is 4.57 Å². The van der Waals surface area contributed by atoms with Crippen LogP contribution in [-0.2, 0) is 12.5 Å². The molecule has 1 aromatic heterocycles. The van der Waals surface area contributed by atoms with Gasteiger partial charge >= 0.3 is 0 Å². The number of imidazole rings is 1. The Bertz CT molecular complexity index is 526. The van der Waals surface area contributed by atoms with Crippen LogP contribution in [0.25, 0.3) is 11.0 Å². The minimum Gasteiger partial charge on any atom is -0.331 e. The molecular weight excluding hydrogens is 216 g/mol. The zero-order valence-electron chi connectivity index (χ0n) is 10.3. The second kappa shape index (κ2) is 3.81. The average molecular weight is 234 g/mol. The first kappa shape index (κ1) is 11.5. The summed E-state index contributed by atoms with van der Waals surface area (Å²) in [6.07, 6.45) is 0. The number of hydrogen-bond acceptors (Lipinski definition) is 2. The monoisotopic (exact) mass is 234 g/mol. The van der Waals surface area contributed by atoms with Crippen molar-refractivity contribution in [2.24, 2.45) is 7.05 Å². The average Bonchev–Trinajstić information content (AvgIpc) is 2.54. The lowest BCUT2D eigenvalue weighted by Gasteiger charge is -2.22. The lowest BCUT2D eigenvalue weighted by atomic mass is 9.86. The van der Waals surface area contributed by atoms with Gasteiger partial charge in [-0.1, -0.05) is 19.9 Å². The van der Waals surface area contributed by atoms with E-state index in [0.717, 1.165) is 17.1 Å². The van der Waals surface area contributed by atoms with Gasteiger partial charge in [-0.2, -0.15) is 12.6 Å². The summed E-state index contributed by atoms with van der Waals surface area (Å²) in [5.41, 5.74) is 3.67. The number of benzene rings is 1. The summed E-state index contributed by atoms with van der Waals surface area (Å²) in [7, 11) is 2.05. The number of hydrogen-bond donors (Lipinski definition) is 1. The zero-order valence-corrected chi connectivity index (χ0v) is 11.2. The van der Waals surface area contributed by atoms with E-state index in [9.17, 15) is 0 Å². The third-order valence-corrected chi connectivity index (χ3v) is 4.07. The van der Waals surface area contributed by atoms with E-state index in [1.807, 2.05) is 14.0 Å². The van der Waals surface area contributed by atoms with E-state index in [4.69, 9.17) is 0 Å². The molecule has 0 unspecified atom stereocenters. The predicted molar refractivity (Wildman–Crippen MR) is 72.3 cm³/mol. The van der Waals surface area contributed by atoms with Crippen molar-refractivity contribution in [2.45, 2.75) is 26.2 Å². The van der Waals surface area contributed by atoms with E-state index >= 15 is 0 Å². The molecule has 0 bridgehead atoms. The van der Waals surface area contributed by atoms with E-state index in [1.165, 1.54) is 11.1 Å². The van der Waals surface area contributed by atoms with E-state index in [-0.39, 0.29) is 5.41 Å². The Morgan fingerprint density at radius 2 is 2.06 bits per heavy atom. The molecule has 1 aromatic carbocycles. The SMILES string of the molecule is Cc1nc2cc(C(C)(C)CS)ccc2n1C. The van der Waals surface area contributed by atoms with Gasteiger partial charge in [-0.25, -0.2) is 4.98 Å². The van der Waals surface area contributed by atoms with Crippen LogP contribution in [0.5, 0.6) is 0 Å². The van der Waals surface area contributed by atoms with Crippen LogP contribution in [-0.4, -0.2) is 15.3 Å². The van der Waals surface area contributed by atoms with Gasteiger partial charge in [-0.15, -0.1) is 0 Å². The quantitative estimate of drug-likeness (QED) is 0.791. The standard InChI is InChI=1S/C13H18N2S/c1-9-14-11-7-10(13(2,3)8-16)5-6-12(11)15(9)4/h5-7,16H,8H2,1-4H3. The highest BCUT2D eigenvalue weighted by Crippen LogP contribution is 2.27. The summed E-state index contributed by atoms with van der Waals surface area (Å²) in [4.78, 5) is 4.56. The summed E-state index contributed by atoms with van der Waals surface area (Å²) in [5, 5.41) is 0. The van der Waals surface area contributed by atoms with Crippen molar-refractivity contribution >= 4 is 23.7 Å². The van der Waals surface area contributed by atoms with E-state index in [1.54, 1.807) is 0 Å². The molecule has 2 rings (SSSR count). The lowest BCUT2D eigenvalue weighted by molar-refractivity contribution is 0.604. The topological polar surface area (TPSA) is 17.8 Å². The van der Waals surface area contributed by atoms with Crippen molar-refractivity contribution in [1.82, 2.24) is 9.55 Å². The van der Waals surface area contributed by atoms with Gasteiger partial charge in [0, 0.05) is 7.05 Å². The fourth-order valence-corrected chi connectivity index (χ4v) is 2.02. The fourth-order valence-electron chi connectivity index (χ4n) is 1.83. The Morgan fingerprint density at radius 1 is 1.38 bits per heavy atom. The van der Waals surface area contributed by atoms with Crippen LogP contribution in [0.4, 0.5) is 0 Å². The molecular formula is C13H18N2S. The van der Waals surface area contributed by atoms with Gasteiger partial charge in [0.2, 0.25) is 0 Å². The maximum Gasteiger partial charge on any atom is 0.106 e. The third kappa shape index (κ3) is 1.73. The normalized spacial score (nSPS) is 12.3. The minimum atomic E-state index is 0.0999. The molecule has 0 saturated heterocycles. The molecule has 3 heteroatoms. The molecule has 0 atom stereocenters. The molecule has 0 amide bonds. The smallest absolute Gasteiger partial charge is 0.106 e. The fraction of sp³-hybridized carbons (Fsp3) is 0.462. The number of rotatable bonds is 2. The van der Waals surface area contributed by atoms with Crippen molar-refractivity contribution in [3.05, 3.63) is 29.6 Å². The second-order valence-corrected chi connectivity index (χ2v) is 5.28. The Morgan fingerprint density at radius 3 is 2.69 bits per heavy atom. The summed E-state index contributed by atoms with van der Waals surface area (Å²) >= 11 is 4.41. The zero-order chi connectivity index (χ0) is 11.9. The highest BCUT2D eigenvalue weighted by atomic mass is 32.1. The van der Waals surface area contributed by atoms with E-state index < -0.39 is 0 Å². The maximum absolute atomic E-state index is 4.56. The Balaban J connectivity index is 2.61. The number of aromatic nitrogens is 2. The first-order valence-electron chi connectivity index (χ1n) is 5.50. The maximum atomic E-state index is 4.56. The van der Waals surface area contributed by atoms with Crippen LogP contribution in [0.1, 0.15) is 25.2 Å². The molecule has 0 N–H and O–H groups in total. The number of thiol groups is 1. The molecule has 0 aliphatic carbocycles. The summed E-state index contributed by atoms with van der Waals surface area (Å²) in [5.74, 6) is 1.89. The Hall–Kier alpha value is -0.960. The minimum absolute atomic E-state index is 0.0999. The van der Waals surface area contributed by atoms with Crippen LogP contribution >= 0.6 is 12.6 Å². The molecule has 2 aromatic rings. The largest absolute Gasteiger partial charge is 0.331 e. The molecule has 16 heavy (non-hydrogen) atoms. The molecule has 0 aliphatic heterocycles. The second-order valence-electron chi connectivity index (χ2n) is 4.96. The molecule has 0 radical (unpaired) electrons. The first-order chi connectivity index (χ1) is 7.45. The van der Waals surface area contributed by atoms with Crippen LogP contribution in [0, 0.1) is 6.92 Å². The lowest BCUT2D eigenvalue weighted by Crippen LogP contribution is -2.18. The van der Waals surface area contributed by atoms with Gasteiger partial charge in [0.25, 0.3) is 0 Å². The summed E-state index contributed by atoms with van der Waals surface area (Å²) in [6, 6.07) is 6.51. The Kier molecular flexibility index (Phi) is 2.74. The van der Waals surface area contributed by atoms with Gasteiger partial charge in [0.1, 0.15) is 5.82 Å². The number of nitrogens with zero attached hydrogens (tertiary/aromatic N) is 2. The van der Waals surface area contributed by atoms with E-state index in [0.29, 0.717) is 0 Å². The summed E-state index contributed by atoms with van der Waals surface area (Å²) < 4.78 is 2.12. The molecule has 0 spiro atoms. The molecule has 0 fully saturated rings. The van der Waals surface area contributed by atoms with E-state index in [2.05, 4.69) is 54.2 Å². The van der Waals surface area contributed by atoms with Crippen molar-refractivity contribution in [2.75, 3.05) is 5.75 Å². The van der Waals surface area contributed by atoms with Crippen LogP contribution < -0.4 is 0 Å². The molecule has 1 heterocycles. The predicted octanol–water partition coefficient (Wildman–Crippen LogP) is 3.09. The van der Waals surface area contributed by atoms with Crippen LogP contribution in [0.3, 0.4) is 0 Å².